The Balaban J connectivity index is 2.50. The van der Waals surface area contributed by atoms with Crippen molar-refractivity contribution in [3.8, 4) is 0 Å². The molecule has 1 unspecified atom stereocenters. The summed E-state index contributed by atoms with van der Waals surface area (Å²) in [5.74, 6) is 0.297. The summed E-state index contributed by atoms with van der Waals surface area (Å²) < 4.78 is 0. The summed E-state index contributed by atoms with van der Waals surface area (Å²) in [6, 6.07) is 0.147. The Labute approximate surface area is 78.0 Å². The number of allylic oxidation sites excluding steroid dienone is 4. The van der Waals surface area contributed by atoms with Crippen molar-refractivity contribution in [2.75, 3.05) is 0 Å². The van der Waals surface area contributed by atoms with Gasteiger partial charge in [-0.3, -0.25) is 0 Å². The van der Waals surface area contributed by atoms with Gasteiger partial charge in [0.05, 0.1) is 6.04 Å². The van der Waals surface area contributed by atoms with Crippen LogP contribution < -0.4 is 5.32 Å². The molecule has 1 heterocycles. The molecule has 0 saturated carbocycles. The van der Waals surface area contributed by atoms with Crippen LogP contribution in [-0.4, -0.2) is 11.1 Å². The molecular formula is C11H13NO. The van der Waals surface area contributed by atoms with Gasteiger partial charge in [0.25, 0.3) is 0 Å². The Morgan fingerprint density at radius 1 is 1.23 bits per heavy atom. The third kappa shape index (κ3) is 1.18. The number of aliphatic hydroxyl groups is 1. The summed E-state index contributed by atoms with van der Waals surface area (Å²) in [6.45, 7) is 3.96. The maximum absolute atomic E-state index is 9.56. The predicted molar refractivity (Wildman–Crippen MR) is 53.2 cm³/mol. The zero-order chi connectivity index (χ0) is 9.42. The van der Waals surface area contributed by atoms with E-state index in [0.717, 1.165) is 5.57 Å². The minimum Gasteiger partial charge on any atom is -0.495 e. The molecule has 0 radical (unpaired) electrons. The normalized spacial score (nSPS) is 26.2. The van der Waals surface area contributed by atoms with Crippen LogP contribution in [0.1, 0.15) is 13.8 Å². The van der Waals surface area contributed by atoms with Gasteiger partial charge in [0.2, 0.25) is 0 Å². The van der Waals surface area contributed by atoms with Gasteiger partial charge >= 0.3 is 0 Å². The van der Waals surface area contributed by atoms with Crippen LogP contribution in [0.3, 0.4) is 0 Å². The molecule has 0 aromatic heterocycles. The van der Waals surface area contributed by atoms with Crippen molar-refractivity contribution in [1.29, 1.82) is 0 Å². The average molecular weight is 175 g/mol. The van der Waals surface area contributed by atoms with Gasteiger partial charge in [-0.15, -0.1) is 0 Å². The molecule has 1 atom stereocenters. The first-order valence-electron chi connectivity index (χ1n) is 4.42. The standard InChI is InChI=1S/C11H13NO/c1-7-8(2)11(13)12-10-6-4-3-5-9(7)10/h3-6,10,12-13H,1-2H3. The third-order valence-electron chi connectivity index (χ3n) is 2.67. The van der Waals surface area contributed by atoms with Crippen LogP contribution in [0.25, 0.3) is 0 Å². The average Bonchev–Trinajstić information content (AvgIpc) is 2.15. The van der Waals surface area contributed by atoms with Crippen LogP contribution in [0.5, 0.6) is 0 Å². The highest BCUT2D eigenvalue weighted by Gasteiger charge is 2.21. The summed E-state index contributed by atoms with van der Waals surface area (Å²) in [5.41, 5.74) is 3.35. The number of dihydropyridines is 1. The topological polar surface area (TPSA) is 32.3 Å². The molecular weight excluding hydrogens is 162 g/mol. The first-order valence-corrected chi connectivity index (χ1v) is 4.42. The molecule has 0 saturated heterocycles. The van der Waals surface area contributed by atoms with E-state index in [9.17, 15) is 5.11 Å². The largest absolute Gasteiger partial charge is 0.495 e. The highest BCUT2D eigenvalue weighted by molar-refractivity contribution is 5.49. The van der Waals surface area contributed by atoms with Gasteiger partial charge in [-0.2, -0.15) is 0 Å². The van der Waals surface area contributed by atoms with E-state index < -0.39 is 0 Å². The van der Waals surface area contributed by atoms with Gasteiger partial charge in [-0.1, -0.05) is 24.3 Å². The second-order valence-corrected chi connectivity index (χ2v) is 3.42. The van der Waals surface area contributed by atoms with Crippen molar-refractivity contribution in [3.63, 3.8) is 0 Å². The SMILES string of the molecule is CC1=C(O)NC2C=CC=CC2=C1C. The smallest absolute Gasteiger partial charge is 0.188 e. The third-order valence-corrected chi connectivity index (χ3v) is 2.67. The molecule has 2 heteroatoms. The van der Waals surface area contributed by atoms with Crippen LogP contribution in [-0.2, 0) is 0 Å². The van der Waals surface area contributed by atoms with E-state index in [2.05, 4.69) is 11.4 Å². The molecule has 2 N–H and O–H groups in total. The Bertz CT molecular complexity index is 358. The molecule has 0 fully saturated rings. The number of hydrogen-bond acceptors (Lipinski definition) is 2. The second-order valence-electron chi connectivity index (χ2n) is 3.42. The lowest BCUT2D eigenvalue weighted by molar-refractivity contribution is 0.348. The summed E-state index contributed by atoms with van der Waals surface area (Å²) in [6.07, 6.45) is 8.14. The first kappa shape index (κ1) is 8.17. The lowest BCUT2D eigenvalue weighted by Gasteiger charge is -2.27. The Kier molecular flexibility index (Phi) is 1.76. The van der Waals surface area contributed by atoms with E-state index >= 15 is 0 Å². The first-order chi connectivity index (χ1) is 6.20. The van der Waals surface area contributed by atoms with Crippen molar-refractivity contribution >= 4 is 0 Å². The highest BCUT2D eigenvalue weighted by atomic mass is 16.3. The van der Waals surface area contributed by atoms with Gasteiger partial charge in [0.1, 0.15) is 0 Å². The molecule has 0 aromatic carbocycles. The monoisotopic (exact) mass is 175 g/mol. The van der Waals surface area contributed by atoms with Crippen LogP contribution in [0.4, 0.5) is 0 Å². The number of nitrogens with one attached hydrogen (secondary N) is 1. The zero-order valence-electron chi connectivity index (χ0n) is 7.83. The molecule has 2 nitrogen and oxygen atoms in total. The van der Waals surface area contributed by atoms with E-state index in [4.69, 9.17) is 0 Å². The summed E-state index contributed by atoms with van der Waals surface area (Å²) in [5, 5.41) is 12.6. The fraction of sp³-hybridized carbons (Fsp3) is 0.273. The lowest BCUT2D eigenvalue weighted by atomic mass is 9.91. The van der Waals surface area contributed by atoms with Crippen molar-refractivity contribution in [3.05, 3.63) is 46.9 Å². The van der Waals surface area contributed by atoms with Gasteiger partial charge in [-0.25, -0.2) is 0 Å². The fourth-order valence-corrected chi connectivity index (χ4v) is 1.68. The molecule has 2 aliphatic rings. The molecule has 13 heavy (non-hydrogen) atoms. The van der Waals surface area contributed by atoms with Gasteiger partial charge in [-0.05, 0) is 25.0 Å². The van der Waals surface area contributed by atoms with Crippen LogP contribution in [0.15, 0.2) is 46.9 Å². The van der Waals surface area contributed by atoms with Crippen molar-refractivity contribution < 1.29 is 5.11 Å². The van der Waals surface area contributed by atoms with Crippen molar-refractivity contribution in [2.24, 2.45) is 0 Å². The molecule has 1 aliphatic heterocycles. The molecule has 0 spiro atoms. The maximum Gasteiger partial charge on any atom is 0.188 e. The minimum absolute atomic E-state index is 0.147. The summed E-state index contributed by atoms with van der Waals surface area (Å²) >= 11 is 0. The summed E-state index contributed by atoms with van der Waals surface area (Å²) in [7, 11) is 0. The molecule has 0 bridgehead atoms. The van der Waals surface area contributed by atoms with Gasteiger partial charge in [0, 0.05) is 5.57 Å². The zero-order valence-corrected chi connectivity index (χ0v) is 7.83. The Hall–Kier alpha value is -1.44. The number of rotatable bonds is 0. The van der Waals surface area contributed by atoms with E-state index in [1.807, 2.05) is 32.1 Å². The van der Waals surface area contributed by atoms with Gasteiger partial charge < -0.3 is 10.4 Å². The molecule has 0 aromatic rings. The molecule has 1 aliphatic carbocycles. The van der Waals surface area contributed by atoms with E-state index in [1.165, 1.54) is 11.1 Å². The molecule has 0 amide bonds. The van der Waals surface area contributed by atoms with Gasteiger partial charge in [0.15, 0.2) is 5.88 Å². The molecule has 2 rings (SSSR count). The highest BCUT2D eigenvalue weighted by Crippen LogP contribution is 2.26. The second kappa shape index (κ2) is 2.80. The minimum atomic E-state index is 0.147. The number of hydrogen-bond donors (Lipinski definition) is 2. The summed E-state index contributed by atoms with van der Waals surface area (Å²) in [4.78, 5) is 0. The van der Waals surface area contributed by atoms with Crippen LogP contribution in [0.2, 0.25) is 0 Å². The predicted octanol–water partition coefficient (Wildman–Crippen LogP) is 2.19. The van der Waals surface area contributed by atoms with Crippen molar-refractivity contribution in [2.45, 2.75) is 19.9 Å². The quantitative estimate of drug-likeness (QED) is 0.591. The number of aliphatic hydroxyl groups excluding tert-OH is 1. The Morgan fingerprint density at radius 3 is 2.77 bits per heavy atom. The van der Waals surface area contributed by atoms with E-state index in [-0.39, 0.29) is 6.04 Å². The fourth-order valence-electron chi connectivity index (χ4n) is 1.68. The van der Waals surface area contributed by atoms with Crippen LogP contribution in [0, 0.1) is 0 Å². The maximum atomic E-state index is 9.56. The van der Waals surface area contributed by atoms with E-state index in [1.54, 1.807) is 0 Å². The molecule has 68 valence electrons. The number of fused-ring (bicyclic) bond motifs is 1. The lowest BCUT2D eigenvalue weighted by Crippen LogP contribution is -2.33. The van der Waals surface area contributed by atoms with E-state index in [0.29, 0.717) is 5.88 Å². The van der Waals surface area contributed by atoms with Crippen molar-refractivity contribution in [1.82, 2.24) is 5.32 Å². The van der Waals surface area contributed by atoms with Crippen LogP contribution >= 0.6 is 0 Å². The Morgan fingerprint density at radius 2 is 2.00 bits per heavy atom.